The predicted molar refractivity (Wildman–Crippen MR) is 64.2 cm³/mol. The van der Waals surface area contributed by atoms with E-state index in [0.717, 1.165) is 22.6 Å². The van der Waals surface area contributed by atoms with Crippen LogP contribution in [-0.2, 0) is 0 Å². The molecular weight excluding hydrogens is 215 g/mol. The molecule has 1 aromatic rings. The molecular formula is C12H16Cl2. The van der Waals surface area contributed by atoms with E-state index >= 15 is 0 Å². The Morgan fingerprint density at radius 2 is 2.00 bits per heavy atom. The highest BCUT2D eigenvalue weighted by atomic mass is 35.5. The third kappa shape index (κ3) is 2.65. The lowest BCUT2D eigenvalue weighted by Gasteiger charge is -2.17. The summed E-state index contributed by atoms with van der Waals surface area (Å²) in [7, 11) is 0. The highest BCUT2D eigenvalue weighted by Gasteiger charge is 2.15. The summed E-state index contributed by atoms with van der Waals surface area (Å²) in [6.07, 6.45) is 1.08. The first kappa shape index (κ1) is 11.9. The van der Waals surface area contributed by atoms with Crippen LogP contribution in [0.5, 0.6) is 0 Å². The fourth-order valence-corrected chi connectivity index (χ4v) is 1.82. The molecule has 14 heavy (non-hydrogen) atoms. The second kappa shape index (κ2) is 5.04. The highest BCUT2D eigenvalue weighted by molar-refractivity contribution is 6.31. The van der Waals surface area contributed by atoms with Gasteiger partial charge in [0.1, 0.15) is 0 Å². The van der Waals surface area contributed by atoms with Crippen LogP contribution in [0, 0.1) is 12.8 Å². The van der Waals surface area contributed by atoms with E-state index in [1.165, 1.54) is 0 Å². The van der Waals surface area contributed by atoms with Crippen molar-refractivity contribution in [3.05, 3.63) is 34.3 Å². The Balaban J connectivity index is 2.91. The molecule has 2 unspecified atom stereocenters. The van der Waals surface area contributed by atoms with Crippen molar-refractivity contribution < 1.29 is 0 Å². The van der Waals surface area contributed by atoms with Crippen molar-refractivity contribution in [3.63, 3.8) is 0 Å². The van der Waals surface area contributed by atoms with Gasteiger partial charge in [0.15, 0.2) is 0 Å². The maximum atomic E-state index is 6.32. The lowest BCUT2D eigenvalue weighted by atomic mass is 9.97. The van der Waals surface area contributed by atoms with Crippen molar-refractivity contribution in [2.24, 2.45) is 5.92 Å². The first-order valence-corrected chi connectivity index (χ1v) is 5.77. The second-order valence-electron chi connectivity index (χ2n) is 3.80. The molecule has 0 N–H and O–H groups in total. The van der Waals surface area contributed by atoms with Gasteiger partial charge in [0.05, 0.1) is 5.38 Å². The number of aryl methyl sites for hydroxylation is 1. The van der Waals surface area contributed by atoms with Gasteiger partial charge >= 0.3 is 0 Å². The van der Waals surface area contributed by atoms with E-state index < -0.39 is 0 Å². The van der Waals surface area contributed by atoms with Crippen LogP contribution >= 0.6 is 23.2 Å². The summed E-state index contributed by atoms with van der Waals surface area (Å²) >= 11 is 12.4. The maximum absolute atomic E-state index is 6.32. The van der Waals surface area contributed by atoms with Crippen LogP contribution in [-0.4, -0.2) is 0 Å². The van der Waals surface area contributed by atoms with Gasteiger partial charge in [0.2, 0.25) is 0 Å². The molecule has 0 heterocycles. The predicted octanol–water partition coefficient (Wildman–Crippen LogP) is 4.97. The van der Waals surface area contributed by atoms with E-state index in [9.17, 15) is 0 Å². The topological polar surface area (TPSA) is 0 Å². The minimum atomic E-state index is 0.0677. The van der Waals surface area contributed by atoms with Crippen LogP contribution < -0.4 is 0 Å². The van der Waals surface area contributed by atoms with Crippen LogP contribution in [0.1, 0.15) is 36.8 Å². The van der Waals surface area contributed by atoms with E-state index in [2.05, 4.69) is 19.9 Å². The molecule has 78 valence electrons. The first-order valence-electron chi connectivity index (χ1n) is 4.96. The van der Waals surface area contributed by atoms with Crippen LogP contribution in [0.3, 0.4) is 0 Å². The Morgan fingerprint density at radius 1 is 1.36 bits per heavy atom. The normalized spacial score (nSPS) is 15.2. The van der Waals surface area contributed by atoms with Gasteiger partial charge in [-0.3, -0.25) is 0 Å². The molecule has 1 aromatic carbocycles. The third-order valence-corrected chi connectivity index (χ3v) is 3.75. The first-order chi connectivity index (χ1) is 6.56. The standard InChI is InChI=1S/C12H16Cl2/c1-4-8(2)12(14)10-6-5-9(3)11(13)7-10/h5-8,12H,4H2,1-3H3. The smallest absolute Gasteiger partial charge is 0.0611 e. The van der Waals surface area contributed by atoms with E-state index in [0.29, 0.717) is 5.92 Å². The zero-order chi connectivity index (χ0) is 10.7. The molecule has 0 nitrogen and oxygen atoms in total. The fourth-order valence-electron chi connectivity index (χ4n) is 1.32. The van der Waals surface area contributed by atoms with Crippen LogP contribution in [0.2, 0.25) is 5.02 Å². The molecule has 0 radical (unpaired) electrons. The minimum Gasteiger partial charge on any atom is -0.118 e. The van der Waals surface area contributed by atoms with Gasteiger partial charge in [0, 0.05) is 5.02 Å². The molecule has 0 saturated heterocycles. The largest absolute Gasteiger partial charge is 0.118 e. The molecule has 0 spiro atoms. The summed E-state index contributed by atoms with van der Waals surface area (Å²) in [5.74, 6) is 0.482. The van der Waals surface area contributed by atoms with Gasteiger partial charge < -0.3 is 0 Å². The quantitative estimate of drug-likeness (QED) is 0.644. The molecule has 0 bridgehead atoms. The minimum absolute atomic E-state index is 0.0677. The number of rotatable bonds is 3. The zero-order valence-electron chi connectivity index (χ0n) is 8.85. The van der Waals surface area contributed by atoms with Gasteiger partial charge in [-0.1, -0.05) is 44.0 Å². The van der Waals surface area contributed by atoms with E-state index in [4.69, 9.17) is 23.2 Å². The van der Waals surface area contributed by atoms with E-state index in [-0.39, 0.29) is 5.38 Å². The number of benzene rings is 1. The van der Waals surface area contributed by atoms with Crippen molar-refractivity contribution in [1.29, 1.82) is 0 Å². The summed E-state index contributed by atoms with van der Waals surface area (Å²) in [5.41, 5.74) is 2.22. The van der Waals surface area contributed by atoms with E-state index in [1.54, 1.807) is 0 Å². The molecule has 2 heteroatoms. The van der Waals surface area contributed by atoms with Gasteiger partial charge in [0.25, 0.3) is 0 Å². The van der Waals surface area contributed by atoms with Gasteiger partial charge in [-0.15, -0.1) is 11.6 Å². The highest BCUT2D eigenvalue weighted by Crippen LogP contribution is 2.32. The Hall–Kier alpha value is -0.200. The molecule has 0 saturated carbocycles. The number of alkyl halides is 1. The SMILES string of the molecule is CCC(C)C(Cl)c1ccc(C)c(Cl)c1. The average Bonchev–Trinajstić information content (AvgIpc) is 2.20. The fraction of sp³-hybridized carbons (Fsp3) is 0.500. The summed E-state index contributed by atoms with van der Waals surface area (Å²) in [5, 5.41) is 0.870. The van der Waals surface area contributed by atoms with Crippen molar-refractivity contribution in [2.75, 3.05) is 0 Å². The monoisotopic (exact) mass is 230 g/mol. The molecule has 0 aliphatic heterocycles. The average molecular weight is 231 g/mol. The van der Waals surface area contributed by atoms with Crippen molar-refractivity contribution in [2.45, 2.75) is 32.6 Å². The summed E-state index contributed by atoms with van der Waals surface area (Å²) < 4.78 is 0. The molecule has 0 aromatic heterocycles. The Kier molecular flexibility index (Phi) is 4.28. The lowest BCUT2D eigenvalue weighted by molar-refractivity contribution is 0.542. The Labute approximate surface area is 96.2 Å². The van der Waals surface area contributed by atoms with Crippen LogP contribution in [0.4, 0.5) is 0 Å². The molecule has 2 atom stereocenters. The number of halogens is 2. The molecule has 0 aliphatic rings. The molecule has 0 fully saturated rings. The molecule has 0 aliphatic carbocycles. The maximum Gasteiger partial charge on any atom is 0.0611 e. The number of hydrogen-bond acceptors (Lipinski definition) is 0. The van der Waals surface area contributed by atoms with Crippen molar-refractivity contribution >= 4 is 23.2 Å². The van der Waals surface area contributed by atoms with Crippen LogP contribution in [0.25, 0.3) is 0 Å². The van der Waals surface area contributed by atoms with Crippen molar-refractivity contribution in [1.82, 2.24) is 0 Å². The summed E-state index contributed by atoms with van der Waals surface area (Å²) in [6.45, 7) is 6.31. The Bertz CT molecular complexity index is 307. The van der Waals surface area contributed by atoms with Crippen molar-refractivity contribution in [3.8, 4) is 0 Å². The van der Waals surface area contributed by atoms with Gasteiger partial charge in [-0.25, -0.2) is 0 Å². The molecule has 1 rings (SSSR count). The zero-order valence-corrected chi connectivity index (χ0v) is 10.4. The second-order valence-corrected chi connectivity index (χ2v) is 4.67. The lowest BCUT2D eigenvalue weighted by Crippen LogP contribution is -2.02. The Morgan fingerprint density at radius 3 is 2.50 bits per heavy atom. The summed E-state index contributed by atoms with van der Waals surface area (Å²) in [6, 6.07) is 6.06. The van der Waals surface area contributed by atoms with E-state index in [1.807, 2.05) is 19.1 Å². The third-order valence-electron chi connectivity index (χ3n) is 2.66. The van der Waals surface area contributed by atoms with Gasteiger partial charge in [-0.05, 0) is 30.0 Å². The number of hydrogen-bond donors (Lipinski definition) is 0. The summed E-state index contributed by atoms with van der Waals surface area (Å²) in [4.78, 5) is 0. The van der Waals surface area contributed by atoms with Crippen LogP contribution in [0.15, 0.2) is 18.2 Å². The van der Waals surface area contributed by atoms with Gasteiger partial charge in [-0.2, -0.15) is 0 Å². The molecule has 0 amide bonds.